The molecule has 10 nitrogen and oxygen atoms in total. The third-order valence-corrected chi connectivity index (χ3v) is 9.51. The van der Waals surface area contributed by atoms with Gasteiger partial charge in [0, 0.05) is 8.95 Å². The predicted octanol–water partition coefficient (Wildman–Crippen LogP) is 6.18. The summed E-state index contributed by atoms with van der Waals surface area (Å²) in [4.78, 5) is 73.1. The average molecular weight is 939 g/mol. The molecular formula is C19H8Br6Cl2N4O6. The fourth-order valence-electron chi connectivity index (χ4n) is 2.84. The lowest BCUT2D eigenvalue weighted by molar-refractivity contribution is -0.123. The zero-order valence-corrected chi connectivity index (χ0v) is 28.4. The molecule has 0 saturated carbocycles. The van der Waals surface area contributed by atoms with Gasteiger partial charge in [-0.1, -0.05) is 0 Å². The van der Waals surface area contributed by atoms with Gasteiger partial charge < -0.3 is 22.1 Å². The third-order valence-electron chi connectivity index (χ3n) is 4.37. The molecule has 0 unspecified atom stereocenters. The quantitative estimate of drug-likeness (QED) is 0.181. The van der Waals surface area contributed by atoms with Crippen molar-refractivity contribution in [2.45, 2.75) is 6.42 Å². The van der Waals surface area contributed by atoms with Crippen LogP contribution in [0.25, 0.3) is 0 Å². The Morgan fingerprint density at radius 1 is 0.541 bits per heavy atom. The number of anilines is 2. The number of primary amides is 2. The predicted molar refractivity (Wildman–Crippen MR) is 158 cm³/mol. The highest BCUT2D eigenvalue weighted by atomic mass is 79.9. The van der Waals surface area contributed by atoms with Gasteiger partial charge >= 0.3 is 0 Å². The lowest BCUT2D eigenvalue weighted by atomic mass is 10.1. The molecule has 0 fully saturated rings. The number of rotatable bonds is 8. The summed E-state index contributed by atoms with van der Waals surface area (Å²) in [6, 6.07) is 0. The fourth-order valence-corrected chi connectivity index (χ4v) is 9.55. The lowest BCUT2D eigenvalue weighted by Crippen LogP contribution is -2.24. The first kappa shape index (κ1) is 32.3. The molecule has 0 heterocycles. The molecule has 4 amide bonds. The molecule has 18 heteroatoms. The van der Waals surface area contributed by atoms with Crippen LogP contribution in [-0.4, -0.2) is 34.1 Å². The largest absolute Gasteiger partial charge is 0.366 e. The van der Waals surface area contributed by atoms with E-state index in [9.17, 15) is 28.8 Å². The van der Waals surface area contributed by atoms with E-state index in [0.29, 0.717) is 0 Å². The van der Waals surface area contributed by atoms with Gasteiger partial charge in [-0.3, -0.25) is 28.8 Å². The van der Waals surface area contributed by atoms with E-state index in [1.807, 2.05) is 0 Å². The molecule has 2 aromatic carbocycles. The number of carbonyl (C=O) groups is 6. The molecule has 0 bridgehead atoms. The van der Waals surface area contributed by atoms with Crippen LogP contribution in [0.3, 0.4) is 0 Å². The molecule has 0 aromatic heterocycles. The number of nitrogens with two attached hydrogens (primary N) is 2. The van der Waals surface area contributed by atoms with Crippen molar-refractivity contribution in [3.8, 4) is 0 Å². The maximum atomic E-state index is 12.7. The lowest BCUT2D eigenvalue weighted by Gasteiger charge is -2.18. The minimum Gasteiger partial charge on any atom is -0.366 e. The molecule has 0 radical (unpaired) electrons. The van der Waals surface area contributed by atoms with Crippen molar-refractivity contribution >= 4 is 164 Å². The van der Waals surface area contributed by atoms with Gasteiger partial charge in [-0.25, -0.2) is 0 Å². The van der Waals surface area contributed by atoms with Gasteiger partial charge in [-0.2, -0.15) is 0 Å². The van der Waals surface area contributed by atoms with Crippen LogP contribution in [-0.2, 0) is 9.59 Å². The van der Waals surface area contributed by atoms with Gasteiger partial charge in [-0.15, -0.1) is 0 Å². The standard InChI is InChI=1S/C19H8Br6Cl2N4O6/c20-8-4(16(26)34)10(22)14(12(24)6(8)18(28)36)30-2(32)1-3(33)31-15-11(23)5(17(27)35)9(21)7(13(15)25)19(29)37/h1H2,(H2,28,36)(H2,29,37)(H,30,32)(H,31,33). The number of carbonyl (C=O) groups excluding carboxylic acids is 6. The number of benzene rings is 2. The first-order valence-corrected chi connectivity index (χ1v) is 14.5. The highest BCUT2D eigenvalue weighted by Crippen LogP contribution is 2.44. The average Bonchev–Trinajstić information content (AvgIpc) is 2.73. The van der Waals surface area contributed by atoms with E-state index in [1.54, 1.807) is 0 Å². The maximum absolute atomic E-state index is 12.7. The number of nitrogens with one attached hydrogen (secondary N) is 2. The van der Waals surface area contributed by atoms with Crippen LogP contribution >= 0.6 is 119 Å². The van der Waals surface area contributed by atoms with Crippen LogP contribution in [0.1, 0.15) is 47.9 Å². The Balaban J connectivity index is 2.45. The summed E-state index contributed by atoms with van der Waals surface area (Å²) in [5, 5.41) is 2.85. The number of hydrogen-bond acceptors (Lipinski definition) is 6. The number of amides is 4. The minimum atomic E-state index is -0.971. The van der Waals surface area contributed by atoms with Crippen molar-refractivity contribution in [1.29, 1.82) is 0 Å². The molecule has 0 aliphatic heterocycles. The van der Waals surface area contributed by atoms with E-state index in [2.05, 4.69) is 106 Å². The van der Waals surface area contributed by atoms with Gasteiger partial charge in [0.05, 0.1) is 51.5 Å². The van der Waals surface area contributed by atoms with Crippen LogP contribution in [0.4, 0.5) is 11.4 Å². The van der Waals surface area contributed by atoms with E-state index in [0.717, 1.165) is 0 Å². The molecule has 0 saturated heterocycles. The highest BCUT2D eigenvalue weighted by molar-refractivity contribution is 9.12. The molecule has 0 spiro atoms. The van der Waals surface area contributed by atoms with E-state index in [1.165, 1.54) is 0 Å². The van der Waals surface area contributed by atoms with Crippen molar-refractivity contribution < 1.29 is 28.8 Å². The van der Waals surface area contributed by atoms with E-state index in [4.69, 9.17) is 34.7 Å². The Morgan fingerprint density at radius 3 is 1.05 bits per heavy atom. The van der Waals surface area contributed by atoms with E-state index < -0.39 is 40.5 Å². The maximum Gasteiger partial charge on any atom is 0.254 e. The summed E-state index contributed by atoms with van der Waals surface area (Å²) < 4.78 is -0.0314. The molecule has 37 heavy (non-hydrogen) atoms. The van der Waals surface area contributed by atoms with Gasteiger partial charge in [0.15, 0.2) is 0 Å². The van der Waals surface area contributed by atoms with Crippen LogP contribution < -0.4 is 22.1 Å². The second-order valence-electron chi connectivity index (χ2n) is 6.68. The summed E-state index contributed by atoms with van der Waals surface area (Å²) >= 11 is 30.0. The van der Waals surface area contributed by atoms with Crippen molar-refractivity contribution in [3.05, 3.63) is 49.1 Å². The molecule has 0 aliphatic rings. The fraction of sp³-hybridized carbons (Fsp3) is 0.0526. The zero-order valence-electron chi connectivity index (χ0n) is 17.3. The van der Waals surface area contributed by atoms with Crippen molar-refractivity contribution in [3.63, 3.8) is 0 Å². The second-order valence-corrected chi connectivity index (χ2v) is 12.1. The Bertz CT molecular complexity index is 1250. The van der Waals surface area contributed by atoms with E-state index >= 15 is 0 Å². The molecule has 0 atom stereocenters. The van der Waals surface area contributed by atoms with Gasteiger partial charge in [0.2, 0.25) is 11.8 Å². The zero-order chi connectivity index (χ0) is 28.5. The first-order valence-electron chi connectivity index (χ1n) is 9.02. The van der Waals surface area contributed by atoms with Crippen LogP contribution in [0.5, 0.6) is 0 Å². The highest BCUT2D eigenvalue weighted by Gasteiger charge is 2.29. The minimum absolute atomic E-state index is 0.000210. The smallest absolute Gasteiger partial charge is 0.254 e. The number of halogens is 8. The summed E-state index contributed by atoms with van der Waals surface area (Å²) in [6.45, 7) is 0. The van der Waals surface area contributed by atoms with Gasteiger partial charge in [-0.05, 0) is 119 Å². The Kier molecular flexibility index (Phi) is 11.3. The van der Waals surface area contributed by atoms with Crippen molar-refractivity contribution in [1.82, 2.24) is 0 Å². The van der Waals surface area contributed by atoms with Crippen LogP contribution in [0.15, 0.2) is 26.8 Å². The van der Waals surface area contributed by atoms with Crippen LogP contribution in [0.2, 0.25) is 0 Å². The Hall–Kier alpha value is -0.880. The van der Waals surface area contributed by atoms with Gasteiger partial charge in [0.25, 0.3) is 22.3 Å². The van der Waals surface area contributed by atoms with E-state index in [-0.39, 0.29) is 60.5 Å². The first-order chi connectivity index (χ1) is 17.0. The summed E-state index contributed by atoms with van der Waals surface area (Å²) in [6.07, 6.45) is -0.796. The summed E-state index contributed by atoms with van der Waals surface area (Å²) in [5.74, 6) is -3.67. The van der Waals surface area contributed by atoms with Crippen molar-refractivity contribution in [2.24, 2.45) is 11.5 Å². The number of hydrogen-bond donors (Lipinski definition) is 4. The molecule has 2 aromatic rings. The SMILES string of the molecule is NC(=O)c1c(Br)c(NC(=O)CC(=O)Nc2c(Br)c(C(N)=O)c(Br)c(C(=O)Cl)c2Br)c(Br)c(C(=O)Cl)c1Br. The third kappa shape index (κ3) is 6.83. The van der Waals surface area contributed by atoms with Crippen molar-refractivity contribution in [2.75, 3.05) is 10.6 Å². The summed E-state index contributed by atoms with van der Waals surface area (Å²) in [5.41, 5.74) is 9.80. The molecule has 6 N–H and O–H groups in total. The monoisotopic (exact) mass is 931 g/mol. The topological polar surface area (TPSA) is 179 Å². The summed E-state index contributed by atoms with van der Waals surface area (Å²) in [7, 11) is 0. The molecular weight excluding hydrogens is 931 g/mol. The molecule has 0 aliphatic carbocycles. The Morgan fingerprint density at radius 2 is 0.811 bits per heavy atom. The van der Waals surface area contributed by atoms with Gasteiger partial charge in [0.1, 0.15) is 6.42 Å². The molecule has 2 rings (SSSR count). The normalized spacial score (nSPS) is 10.6. The Labute approximate surface area is 268 Å². The molecule has 196 valence electrons. The second kappa shape index (κ2) is 13.0. The van der Waals surface area contributed by atoms with Crippen LogP contribution in [0, 0.1) is 0 Å².